The molecule has 0 saturated heterocycles. The van der Waals surface area contributed by atoms with Gasteiger partial charge >= 0.3 is 0 Å². The topological polar surface area (TPSA) is 64.9 Å². The molecular formula is C24H23N4O+. The van der Waals surface area contributed by atoms with E-state index in [4.69, 9.17) is 14.7 Å². The Morgan fingerprint density at radius 1 is 1.07 bits per heavy atom. The highest BCUT2D eigenvalue weighted by molar-refractivity contribution is 5.79. The van der Waals surface area contributed by atoms with Crippen molar-refractivity contribution in [2.45, 2.75) is 19.9 Å². The highest BCUT2D eigenvalue weighted by Gasteiger charge is 2.13. The maximum Gasteiger partial charge on any atom is 0.204 e. The highest BCUT2D eigenvalue weighted by atomic mass is 16.3. The second-order valence-electron chi connectivity index (χ2n) is 6.89. The molecule has 1 aliphatic carbocycles. The second kappa shape index (κ2) is 8.57. The third kappa shape index (κ3) is 4.27. The molecule has 4 rings (SSSR count). The van der Waals surface area contributed by atoms with Gasteiger partial charge in [-0.15, -0.1) is 0 Å². The van der Waals surface area contributed by atoms with Gasteiger partial charge in [-0.3, -0.25) is 0 Å². The van der Waals surface area contributed by atoms with Crippen LogP contribution in [0.5, 0.6) is 0 Å². The second-order valence-corrected chi connectivity index (χ2v) is 6.89. The third-order valence-corrected chi connectivity index (χ3v) is 4.82. The SMILES string of the molecule is CCNc1ccc2nc3ccc(=[N+](CCC#N)Cc4ccccc4)cc-3oc2c1. The number of aromatic nitrogens is 1. The first-order chi connectivity index (χ1) is 14.3. The molecule has 0 aromatic heterocycles. The van der Waals surface area contributed by atoms with Crippen molar-refractivity contribution in [3.05, 3.63) is 77.7 Å². The minimum Gasteiger partial charge on any atom is -0.452 e. The molecule has 2 aromatic carbocycles. The summed E-state index contributed by atoms with van der Waals surface area (Å²) >= 11 is 0. The van der Waals surface area contributed by atoms with Crippen LogP contribution in [0.3, 0.4) is 0 Å². The van der Waals surface area contributed by atoms with Crippen molar-refractivity contribution in [1.29, 1.82) is 5.26 Å². The summed E-state index contributed by atoms with van der Waals surface area (Å²) in [6.45, 7) is 4.31. The summed E-state index contributed by atoms with van der Waals surface area (Å²) in [7, 11) is 0. The monoisotopic (exact) mass is 383 g/mol. The van der Waals surface area contributed by atoms with E-state index in [0.717, 1.165) is 46.7 Å². The molecule has 0 spiro atoms. The van der Waals surface area contributed by atoms with E-state index in [1.807, 2.05) is 54.6 Å². The Hall–Kier alpha value is -3.65. The molecule has 0 saturated carbocycles. The Bertz CT molecular complexity index is 1200. The van der Waals surface area contributed by atoms with Crippen molar-refractivity contribution in [3.8, 4) is 17.5 Å². The fraction of sp³-hybridized carbons (Fsp3) is 0.208. The van der Waals surface area contributed by atoms with Crippen molar-refractivity contribution in [2.75, 3.05) is 18.4 Å². The molecule has 144 valence electrons. The molecule has 0 radical (unpaired) electrons. The molecule has 29 heavy (non-hydrogen) atoms. The summed E-state index contributed by atoms with van der Waals surface area (Å²) in [5, 5.41) is 13.4. The van der Waals surface area contributed by atoms with Crippen LogP contribution in [0.2, 0.25) is 0 Å². The van der Waals surface area contributed by atoms with E-state index in [0.29, 0.717) is 13.0 Å². The van der Waals surface area contributed by atoms with Crippen LogP contribution in [-0.2, 0) is 6.54 Å². The van der Waals surface area contributed by atoms with Gasteiger partial charge in [0.2, 0.25) is 5.36 Å². The molecule has 5 nitrogen and oxygen atoms in total. The molecule has 1 aliphatic heterocycles. The zero-order chi connectivity index (χ0) is 20.1. The van der Waals surface area contributed by atoms with Gasteiger partial charge in [-0.1, -0.05) is 30.3 Å². The summed E-state index contributed by atoms with van der Waals surface area (Å²) in [5.74, 6) is 0.735. The van der Waals surface area contributed by atoms with E-state index >= 15 is 0 Å². The van der Waals surface area contributed by atoms with Crippen molar-refractivity contribution in [1.82, 2.24) is 9.56 Å². The number of hydrogen-bond donors (Lipinski definition) is 1. The predicted octanol–water partition coefficient (Wildman–Crippen LogP) is 4.25. The summed E-state index contributed by atoms with van der Waals surface area (Å²) in [6.07, 6.45) is 0.462. The van der Waals surface area contributed by atoms with Crippen LogP contribution in [0.1, 0.15) is 18.9 Å². The first kappa shape index (κ1) is 18.7. The van der Waals surface area contributed by atoms with Crippen LogP contribution in [0.15, 0.2) is 71.1 Å². The summed E-state index contributed by atoms with van der Waals surface area (Å²) in [5.41, 5.74) is 4.62. The fourth-order valence-corrected chi connectivity index (χ4v) is 3.41. The lowest BCUT2D eigenvalue weighted by Crippen LogP contribution is -2.30. The summed E-state index contributed by atoms with van der Waals surface area (Å²) in [6, 6.07) is 24.5. The van der Waals surface area contributed by atoms with Crippen molar-refractivity contribution in [3.63, 3.8) is 0 Å². The van der Waals surface area contributed by atoms with E-state index in [1.165, 1.54) is 5.56 Å². The third-order valence-electron chi connectivity index (χ3n) is 4.82. The molecule has 2 aliphatic rings. The van der Waals surface area contributed by atoms with Crippen LogP contribution in [0, 0.1) is 11.3 Å². The minimum atomic E-state index is 0.462. The van der Waals surface area contributed by atoms with Crippen molar-refractivity contribution < 1.29 is 4.42 Å². The average molecular weight is 383 g/mol. The van der Waals surface area contributed by atoms with Gasteiger partial charge in [-0.25, -0.2) is 9.56 Å². The molecule has 0 amide bonds. The van der Waals surface area contributed by atoms with Gasteiger partial charge in [-0.05, 0) is 25.1 Å². The van der Waals surface area contributed by atoms with Crippen molar-refractivity contribution in [2.24, 2.45) is 0 Å². The lowest BCUT2D eigenvalue weighted by Gasteiger charge is -2.09. The first-order valence-corrected chi connectivity index (χ1v) is 9.84. The van der Waals surface area contributed by atoms with E-state index in [1.54, 1.807) is 0 Å². The number of nitrogens with one attached hydrogen (secondary N) is 1. The zero-order valence-corrected chi connectivity index (χ0v) is 16.4. The van der Waals surface area contributed by atoms with Crippen LogP contribution >= 0.6 is 0 Å². The molecule has 1 N–H and O–H groups in total. The molecular weight excluding hydrogens is 360 g/mol. The lowest BCUT2D eigenvalue weighted by atomic mass is 10.2. The molecule has 0 atom stereocenters. The number of anilines is 1. The molecule has 1 heterocycles. The highest BCUT2D eigenvalue weighted by Crippen LogP contribution is 2.25. The van der Waals surface area contributed by atoms with E-state index in [9.17, 15) is 0 Å². The molecule has 0 unspecified atom stereocenters. The smallest absolute Gasteiger partial charge is 0.204 e. The lowest BCUT2D eigenvalue weighted by molar-refractivity contribution is 0.569. The van der Waals surface area contributed by atoms with Crippen LogP contribution in [0.4, 0.5) is 5.69 Å². The number of nitrogens with zero attached hydrogens (tertiary/aromatic N) is 3. The maximum atomic E-state index is 9.08. The average Bonchev–Trinajstić information content (AvgIpc) is 2.76. The molecule has 2 aromatic rings. The fourth-order valence-electron chi connectivity index (χ4n) is 3.41. The normalized spacial score (nSPS) is 12.0. The number of nitriles is 1. The summed E-state index contributed by atoms with van der Waals surface area (Å²) in [4.78, 5) is 4.73. The van der Waals surface area contributed by atoms with Crippen LogP contribution < -0.4 is 15.2 Å². The van der Waals surface area contributed by atoms with Gasteiger partial charge in [-0.2, -0.15) is 5.26 Å². The predicted molar refractivity (Wildman–Crippen MR) is 115 cm³/mol. The maximum absolute atomic E-state index is 9.08. The molecule has 5 heteroatoms. The number of fused-ring (bicyclic) bond motifs is 2. The Morgan fingerprint density at radius 2 is 1.93 bits per heavy atom. The Balaban J connectivity index is 1.82. The van der Waals surface area contributed by atoms with E-state index in [-0.39, 0.29) is 0 Å². The van der Waals surface area contributed by atoms with Gasteiger partial charge < -0.3 is 9.73 Å². The summed E-state index contributed by atoms with van der Waals surface area (Å²) < 4.78 is 8.39. The van der Waals surface area contributed by atoms with Gasteiger partial charge in [0.05, 0.1) is 18.6 Å². The van der Waals surface area contributed by atoms with E-state index < -0.39 is 0 Å². The zero-order valence-electron chi connectivity index (χ0n) is 16.4. The largest absolute Gasteiger partial charge is 0.452 e. The van der Waals surface area contributed by atoms with Gasteiger partial charge in [0, 0.05) is 29.9 Å². The van der Waals surface area contributed by atoms with Gasteiger partial charge in [0.25, 0.3) is 0 Å². The van der Waals surface area contributed by atoms with Crippen molar-refractivity contribution >= 4 is 16.8 Å². The quantitative estimate of drug-likeness (QED) is 0.399. The van der Waals surface area contributed by atoms with Gasteiger partial charge in [0.1, 0.15) is 11.2 Å². The Kier molecular flexibility index (Phi) is 5.53. The Morgan fingerprint density at radius 3 is 2.72 bits per heavy atom. The molecule has 0 bridgehead atoms. The van der Waals surface area contributed by atoms with Crippen LogP contribution in [-0.4, -0.2) is 18.1 Å². The number of benzene rings is 3. The molecule has 0 fully saturated rings. The number of rotatable bonds is 6. The van der Waals surface area contributed by atoms with E-state index in [2.05, 4.69) is 35.0 Å². The standard InChI is InChI=1S/C24H22N4O/c1-2-26-19-9-11-21-23(15-19)29-24-16-20(10-12-22(24)27-21)28(14-6-13-25)17-18-7-4-3-5-8-18/h3-5,7-12,15-16H,2,6,14,17H2,1H3/p+1. The van der Waals surface area contributed by atoms with Crippen LogP contribution in [0.25, 0.3) is 22.6 Å². The number of hydrogen-bond acceptors (Lipinski definition) is 4. The minimum absolute atomic E-state index is 0.462. The van der Waals surface area contributed by atoms with Gasteiger partial charge in [0.15, 0.2) is 24.4 Å². The first-order valence-electron chi connectivity index (χ1n) is 9.84. The Labute approximate surface area is 169 Å².